The van der Waals surface area contributed by atoms with Gasteiger partial charge in [0.25, 0.3) is 6.43 Å². The molecule has 0 aliphatic rings. The molecule has 0 bridgehead atoms. The molecule has 0 saturated heterocycles. The van der Waals surface area contributed by atoms with Crippen LogP contribution < -0.4 is 0 Å². The molecule has 0 radical (unpaired) electrons. The Hall–Kier alpha value is -0.390. The highest BCUT2D eigenvalue weighted by Gasteiger charge is 2.30. The summed E-state index contributed by atoms with van der Waals surface area (Å²) in [6, 6.07) is 0. The zero-order valence-corrected chi connectivity index (χ0v) is 4.08. The number of rotatable bonds is 2. The molecule has 0 N–H and O–H groups in total. The smallest absolute Gasteiger partial charge is 0.286 e. The van der Waals surface area contributed by atoms with E-state index in [0.29, 0.717) is 0 Å². The third-order valence-corrected chi connectivity index (χ3v) is 0.373. The highest BCUT2D eigenvalue weighted by molar-refractivity contribution is 4.34. The van der Waals surface area contributed by atoms with Gasteiger partial charge in [-0.1, -0.05) is 0 Å². The molecule has 0 heterocycles. The second kappa shape index (κ2) is 2.95. The molecule has 0 aliphatic carbocycles. The number of hydrogen-bond donors (Lipinski definition) is 0. The number of alkyl halides is 5. The number of hydrogen-bond acceptors (Lipinski definition) is 1. The van der Waals surface area contributed by atoms with E-state index in [4.69, 9.17) is 0 Å². The Morgan fingerprint density at radius 3 is 1.78 bits per heavy atom. The van der Waals surface area contributed by atoms with Crippen molar-refractivity contribution >= 4 is 0 Å². The predicted molar refractivity (Wildman–Crippen MR) is 18.0 cm³/mol. The van der Waals surface area contributed by atoms with Crippen molar-refractivity contribution in [1.82, 2.24) is 0 Å². The van der Waals surface area contributed by atoms with Gasteiger partial charge in [-0.15, -0.1) is 13.2 Å². The van der Waals surface area contributed by atoms with Crippen LogP contribution in [0, 0.1) is 0 Å². The molecular formula is C3H3F5O. The Kier molecular flexibility index (Phi) is 2.83. The third-order valence-electron chi connectivity index (χ3n) is 0.373. The molecule has 1 nitrogen and oxygen atoms in total. The summed E-state index contributed by atoms with van der Waals surface area (Å²) >= 11 is 0. The molecule has 0 aromatic rings. The molecule has 0 atom stereocenters. The summed E-state index contributed by atoms with van der Waals surface area (Å²) in [7, 11) is 0. The fourth-order valence-corrected chi connectivity index (χ4v) is 0.157. The van der Waals surface area contributed by atoms with Crippen LogP contribution in [-0.2, 0) is 4.74 Å². The molecule has 0 aromatic carbocycles. The van der Waals surface area contributed by atoms with Crippen molar-refractivity contribution in [3.8, 4) is 0 Å². The van der Waals surface area contributed by atoms with Crippen molar-refractivity contribution < 1.29 is 26.7 Å². The minimum absolute atomic E-state index is 1.59. The Balaban J connectivity index is 3.28. The highest BCUT2D eigenvalue weighted by atomic mass is 19.4. The van der Waals surface area contributed by atoms with Gasteiger partial charge in [0.1, 0.15) is 6.61 Å². The third kappa shape index (κ3) is 7.61. The Morgan fingerprint density at radius 2 is 1.67 bits per heavy atom. The summed E-state index contributed by atoms with van der Waals surface area (Å²) in [6.07, 6.45) is -8.03. The number of ether oxygens (including phenoxy) is 1. The Labute approximate surface area is 47.4 Å². The predicted octanol–water partition coefficient (Wildman–Crippen LogP) is 1.79. The van der Waals surface area contributed by atoms with Crippen molar-refractivity contribution in [2.45, 2.75) is 12.8 Å². The molecule has 9 heavy (non-hydrogen) atoms. The first-order valence-electron chi connectivity index (χ1n) is 1.90. The summed E-state index contributed by atoms with van der Waals surface area (Å²) < 4.78 is 57.2. The minimum Gasteiger partial charge on any atom is -0.286 e. The van der Waals surface area contributed by atoms with Crippen molar-refractivity contribution in [2.24, 2.45) is 0 Å². The maximum absolute atomic E-state index is 10.9. The van der Waals surface area contributed by atoms with Crippen LogP contribution in [0.3, 0.4) is 0 Å². The van der Waals surface area contributed by atoms with E-state index in [1.54, 1.807) is 0 Å². The molecular weight excluding hydrogens is 147 g/mol. The van der Waals surface area contributed by atoms with Gasteiger partial charge in [0.05, 0.1) is 0 Å². The summed E-state index contributed by atoms with van der Waals surface area (Å²) in [6.45, 7) is -1.59. The SMILES string of the molecule is FC(F)COC(F)(F)F. The average Bonchev–Trinajstić information content (AvgIpc) is 1.59. The van der Waals surface area contributed by atoms with E-state index in [1.165, 1.54) is 0 Å². The van der Waals surface area contributed by atoms with Gasteiger partial charge >= 0.3 is 6.36 Å². The lowest BCUT2D eigenvalue weighted by Crippen LogP contribution is -2.17. The molecule has 0 aliphatic heterocycles. The Bertz CT molecular complexity index is 76.8. The molecule has 0 amide bonds. The van der Waals surface area contributed by atoms with Crippen LogP contribution in [0.15, 0.2) is 0 Å². The van der Waals surface area contributed by atoms with Crippen molar-refractivity contribution in [3.63, 3.8) is 0 Å². The lowest BCUT2D eigenvalue weighted by atomic mass is 10.8. The molecule has 6 heteroatoms. The first-order valence-corrected chi connectivity index (χ1v) is 1.90. The van der Waals surface area contributed by atoms with E-state index in [-0.39, 0.29) is 0 Å². The van der Waals surface area contributed by atoms with Gasteiger partial charge in [0.15, 0.2) is 0 Å². The first kappa shape index (κ1) is 8.61. The van der Waals surface area contributed by atoms with Crippen LogP contribution in [-0.4, -0.2) is 19.4 Å². The Morgan fingerprint density at radius 1 is 1.22 bits per heavy atom. The van der Waals surface area contributed by atoms with E-state index in [1.807, 2.05) is 0 Å². The first-order chi connectivity index (χ1) is 3.92. The summed E-state index contributed by atoms with van der Waals surface area (Å²) in [5.74, 6) is 0. The second-order valence-corrected chi connectivity index (χ2v) is 1.15. The molecule has 0 aromatic heterocycles. The monoisotopic (exact) mass is 150 g/mol. The van der Waals surface area contributed by atoms with E-state index in [0.717, 1.165) is 0 Å². The summed E-state index contributed by atoms with van der Waals surface area (Å²) in [4.78, 5) is 0. The standard InChI is InChI=1S/C3H3F5O/c4-2(5)1-9-3(6,7)8/h2H,1H2. The van der Waals surface area contributed by atoms with Gasteiger partial charge in [-0.25, -0.2) is 8.78 Å². The lowest BCUT2D eigenvalue weighted by Gasteiger charge is -2.04. The van der Waals surface area contributed by atoms with Crippen LogP contribution in [0.1, 0.15) is 0 Å². The van der Waals surface area contributed by atoms with Gasteiger partial charge in [-0.2, -0.15) is 0 Å². The van der Waals surface area contributed by atoms with Crippen LogP contribution in [0.4, 0.5) is 22.0 Å². The maximum atomic E-state index is 10.9. The molecule has 0 spiro atoms. The second-order valence-electron chi connectivity index (χ2n) is 1.15. The van der Waals surface area contributed by atoms with E-state index >= 15 is 0 Å². The van der Waals surface area contributed by atoms with Crippen LogP contribution in [0.25, 0.3) is 0 Å². The van der Waals surface area contributed by atoms with Crippen LogP contribution in [0.5, 0.6) is 0 Å². The van der Waals surface area contributed by atoms with Crippen LogP contribution >= 0.6 is 0 Å². The van der Waals surface area contributed by atoms with Gasteiger partial charge in [-0.3, -0.25) is 4.74 Å². The zero-order valence-electron chi connectivity index (χ0n) is 4.08. The van der Waals surface area contributed by atoms with Crippen molar-refractivity contribution in [3.05, 3.63) is 0 Å². The summed E-state index contributed by atoms with van der Waals surface area (Å²) in [5.41, 5.74) is 0. The largest absolute Gasteiger partial charge is 0.522 e. The van der Waals surface area contributed by atoms with E-state index in [9.17, 15) is 22.0 Å². The highest BCUT2D eigenvalue weighted by Crippen LogP contribution is 2.16. The average molecular weight is 150 g/mol. The quantitative estimate of drug-likeness (QED) is 0.545. The fourth-order valence-electron chi connectivity index (χ4n) is 0.157. The zero-order chi connectivity index (χ0) is 7.49. The van der Waals surface area contributed by atoms with E-state index in [2.05, 4.69) is 4.74 Å². The molecule has 56 valence electrons. The van der Waals surface area contributed by atoms with E-state index < -0.39 is 19.4 Å². The summed E-state index contributed by atoms with van der Waals surface area (Å²) in [5, 5.41) is 0. The van der Waals surface area contributed by atoms with Crippen molar-refractivity contribution in [2.75, 3.05) is 6.61 Å². The topological polar surface area (TPSA) is 9.23 Å². The van der Waals surface area contributed by atoms with Gasteiger partial charge in [0.2, 0.25) is 0 Å². The molecule has 0 unspecified atom stereocenters. The minimum atomic E-state index is -4.95. The van der Waals surface area contributed by atoms with Gasteiger partial charge in [-0.05, 0) is 0 Å². The molecule has 0 saturated carbocycles. The maximum Gasteiger partial charge on any atom is 0.522 e. The van der Waals surface area contributed by atoms with Crippen LogP contribution in [0.2, 0.25) is 0 Å². The lowest BCUT2D eigenvalue weighted by molar-refractivity contribution is -0.332. The normalized spacial score (nSPS) is 12.7. The molecule has 0 fully saturated rings. The van der Waals surface area contributed by atoms with Gasteiger partial charge < -0.3 is 0 Å². The van der Waals surface area contributed by atoms with Gasteiger partial charge in [0, 0.05) is 0 Å². The van der Waals surface area contributed by atoms with Crippen molar-refractivity contribution in [1.29, 1.82) is 0 Å². The number of halogens is 5. The fraction of sp³-hybridized carbons (Fsp3) is 1.00. The molecule has 0 rings (SSSR count).